The van der Waals surface area contributed by atoms with Crippen molar-refractivity contribution in [2.75, 3.05) is 21.3 Å². The molecule has 0 atom stereocenters. The molecule has 0 unspecified atom stereocenters. The zero-order chi connectivity index (χ0) is 18.1. The Kier molecular flexibility index (Phi) is 16.3. The first kappa shape index (κ1) is 23.9. The average Bonchev–Trinajstić information content (AvgIpc) is 2.62. The van der Waals surface area contributed by atoms with E-state index < -0.39 is 5.97 Å². The molecule has 0 saturated heterocycles. The van der Waals surface area contributed by atoms with Crippen LogP contribution in [0.15, 0.2) is 0 Å². The monoisotopic (exact) mass is 344 g/mol. The molecule has 0 amide bonds. The molecule has 0 rings (SSSR count). The highest BCUT2D eigenvalue weighted by atomic mass is 16.9. The predicted molar refractivity (Wildman–Crippen MR) is 103 cm³/mol. The van der Waals surface area contributed by atoms with Gasteiger partial charge in [0.05, 0.1) is 0 Å². The maximum atomic E-state index is 5.65. The molecule has 0 aromatic heterocycles. The molecule has 0 bridgehead atoms. The maximum Gasteiger partial charge on any atom is 0.285 e. The second kappa shape index (κ2) is 16.4. The van der Waals surface area contributed by atoms with Crippen molar-refractivity contribution in [2.45, 2.75) is 110 Å². The van der Waals surface area contributed by atoms with E-state index >= 15 is 0 Å². The van der Waals surface area contributed by atoms with Crippen LogP contribution in [0, 0.1) is 5.92 Å². The number of methoxy groups -OCH3 is 3. The van der Waals surface area contributed by atoms with Gasteiger partial charge in [0.15, 0.2) is 0 Å². The van der Waals surface area contributed by atoms with Crippen LogP contribution in [0.2, 0.25) is 0 Å². The Morgan fingerprint density at radius 3 is 1.21 bits per heavy atom. The van der Waals surface area contributed by atoms with Gasteiger partial charge in [-0.15, -0.1) is 0 Å². The molecule has 0 aliphatic heterocycles. The van der Waals surface area contributed by atoms with Crippen molar-refractivity contribution in [3.8, 4) is 0 Å². The fraction of sp³-hybridized carbons (Fsp3) is 1.00. The number of rotatable bonds is 18. The molecule has 24 heavy (non-hydrogen) atoms. The zero-order valence-electron chi connectivity index (χ0n) is 17.2. The van der Waals surface area contributed by atoms with Gasteiger partial charge < -0.3 is 14.2 Å². The number of ether oxygens (including phenoxy) is 3. The van der Waals surface area contributed by atoms with Crippen LogP contribution in [0.4, 0.5) is 0 Å². The maximum absolute atomic E-state index is 5.65. The topological polar surface area (TPSA) is 27.7 Å². The Balaban J connectivity index is 4.28. The lowest BCUT2D eigenvalue weighted by Gasteiger charge is -2.36. The normalized spacial score (nSPS) is 12.2. The molecule has 0 heterocycles. The summed E-state index contributed by atoms with van der Waals surface area (Å²) in [5.41, 5.74) is 0. The first-order chi connectivity index (χ1) is 11.7. The Morgan fingerprint density at radius 1 is 0.542 bits per heavy atom. The third-order valence-corrected chi connectivity index (χ3v) is 5.17. The Morgan fingerprint density at radius 2 is 0.875 bits per heavy atom. The van der Waals surface area contributed by atoms with Crippen LogP contribution in [0.3, 0.4) is 0 Å². The SMILES string of the molecule is CCCCCCCCC(CCCCCCCC)C(OC)(OC)OC. The van der Waals surface area contributed by atoms with Crippen LogP contribution in [-0.2, 0) is 14.2 Å². The quantitative estimate of drug-likeness (QED) is 0.204. The van der Waals surface area contributed by atoms with Crippen LogP contribution in [0.25, 0.3) is 0 Å². The molecule has 0 N–H and O–H groups in total. The van der Waals surface area contributed by atoms with Gasteiger partial charge in [-0.05, 0) is 12.8 Å². The van der Waals surface area contributed by atoms with Crippen molar-refractivity contribution in [2.24, 2.45) is 5.92 Å². The van der Waals surface area contributed by atoms with E-state index in [1.807, 2.05) is 0 Å². The third-order valence-electron chi connectivity index (χ3n) is 5.17. The van der Waals surface area contributed by atoms with Gasteiger partial charge in [-0.25, -0.2) is 0 Å². The van der Waals surface area contributed by atoms with Gasteiger partial charge in [0, 0.05) is 27.2 Å². The smallest absolute Gasteiger partial charge is 0.285 e. The van der Waals surface area contributed by atoms with Crippen LogP contribution in [0.5, 0.6) is 0 Å². The number of hydrogen-bond acceptors (Lipinski definition) is 3. The molecular weight excluding hydrogens is 300 g/mol. The van der Waals surface area contributed by atoms with Crippen molar-refractivity contribution in [3.63, 3.8) is 0 Å². The fourth-order valence-corrected chi connectivity index (χ4v) is 3.59. The Hall–Kier alpha value is -0.120. The molecule has 0 fully saturated rings. The summed E-state index contributed by atoms with van der Waals surface area (Å²) in [6.45, 7) is 4.53. The van der Waals surface area contributed by atoms with Gasteiger partial charge in [-0.2, -0.15) is 0 Å². The molecule has 0 radical (unpaired) electrons. The predicted octanol–water partition coefficient (Wildman–Crippen LogP) is 6.70. The van der Waals surface area contributed by atoms with Gasteiger partial charge in [0.1, 0.15) is 0 Å². The van der Waals surface area contributed by atoms with Gasteiger partial charge in [-0.1, -0.05) is 90.9 Å². The molecule has 0 aromatic rings. The van der Waals surface area contributed by atoms with Crippen molar-refractivity contribution >= 4 is 0 Å². The molecule has 3 heteroatoms. The summed E-state index contributed by atoms with van der Waals surface area (Å²) >= 11 is 0. The third kappa shape index (κ3) is 10.0. The van der Waals surface area contributed by atoms with E-state index in [0.717, 1.165) is 12.8 Å². The van der Waals surface area contributed by atoms with Gasteiger partial charge in [0.25, 0.3) is 5.97 Å². The molecule has 0 saturated carbocycles. The van der Waals surface area contributed by atoms with E-state index in [9.17, 15) is 0 Å². The highest BCUT2D eigenvalue weighted by molar-refractivity contribution is 4.71. The molecule has 0 spiro atoms. The number of hydrogen-bond donors (Lipinski definition) is 0. The minimum Gasteiger partial charge on any atom is -0.331 e. The first-order valence-electron chi connectivity index (χ1n) is 10.4. The summed E-state index contributed by atoms with van der Waals surface area (Å²) in [6, 6.07) is 0. The highest BCUT2D eigenvalue weighted by Crippen LogP contribution is 2.33. The molecule has 3 nitrogen and oxygen atoms in total. The second-order valence-electron chi connectivity index (χ2n) is 7.03. The van der Waals surface area contributed by atoms with Crippen LogP contribution < -0.4 is 0 Å². The first-order valence-corrected chi connectivity index (χ1v) is 10.4. The summed E-state index contributed by atoms with van der Waals surface area (Å²) in [5, 5.41) is 0. The van der Waals surface area contributed by atoms with E-state index in [0.29, 0.717) is 5.92 Å². The lowest BCUT2D eigenvalue weighted by Crippen LogP contribution is -2.44. The zero-order valence-corrected chi connectivity index (χ0v) is 17.2. The van der Waals surface area contributed by atoms with Crippen molar-refractivity contribution in [3.05, 3.63) is 0 Å². The lowest BCUT2D eigenvalue weighted by atomic mass is 9.91. The summed E-state index contributed by atoms with van der Waals surface area (Å²) in [6.07, 6.45) is 18.1. The van der Waals surface area contributed by atoms with Gasteiger partial charge in [0.2, 0.25) is 0 Å². The Bertz CT molecular complexity index is 227. The second-order valence-corrected chi connectivity index (χ2v) is 7.03. The molecule has 146 valence electrons. The lowest BCUT2D eigenvalue weighted by molar-refractivity contribution is -0.380. The average molecular weight is 345 g/mol. The highest BCUT2D eigenvalue weighted by Gasteiger charge is 2.39. The number of unbranched alkanes of at least 4 members (excludes halogenated alkanes) is 10. The summed E-state index contributed by atoms with van der Waals surface area (Å²) in [5.74, 6) is -0.554. The van der Waals surface area contributed by atoms with Gasteiger partial charge >= 0.3 is 0 Å². The van der Waals surface area contributed by atoms with Gasteiger partial charge in [-0.3, -0.25) is 0 Å². The summed E-state index contributed by atoms with van der Waals surface area (Å²) < 4.78 is 16.9. The largest absolute Gasteiger partial charge is 0.331 e. The molecule has 0 aliphatic rings. The minimum absolute atomic E-state index is 0.315. The molecule has 0 aromatic carbocycles. The van der Waals surface area contributed by atoms with E-state index in [1.165, 1.54) is 77.0 Å². The van der Waals surface area contributed by atoms with E-state index in [-0.39, 0.29) is 0 Å². The van der Waals surface area contributed by atoms with Crippen molar-refractivity contribution in [1.29, 1.82) is 0 Å². The molecular formula is C21H44O3. The van der Waals surface area contributed by atoms with Crippen molar-refractivity contribution < 1.29 is 14.2 Å². The minimum atomic E-state index is -0.868. The molecule has 0 aliphatic carbocycles. The fourth-order valence-electron chi connectivity index (χ4n) is 3.59. The summed E-state index contributed by atoms with van der Waals surface area (Å²) in [4.78, 5) is 0. The van der Waals surface area contributed by atoms with Crippen LogP contribution >= 0.6 is 0 Å². The van der Waals surface area contributed by atoms with Crippen LogP contribution in [0.1, 0.15) is 104 Å². The van der Waals surface area contributed by atoms with Crippen LogP contribution in [-0.4, -0.2) is 27.3 Å². The van der Waals surface area contributed by atoms with E-state index in [2.05, 4.69) is 13.8 Å². The van der Waals surface area contributed by atoms with Crippen molar-refractivity contribution in [1.82, 2.24) is 0 Å². The van der Waals surface area contributed by atoms with E-state index in [1.54, 1.807) is 21.3 Å². The standard InChI is InChI=1S/C21H44O3/c1-6-8-10-12-14-16-18-20(21(22-3,23-4)24-5)19-17-15-13-11-9-7-2/h20H,6-19H2,1-5H3. The Labute approximate surface area is 151 Å². The van der Waals surface area contributed by atoms with E-state index in [4.69, 9.17) is 14.2 Å². The summed E-state index contributed by atoms with van der Waals surface area (Å²) in [7, 11) is 5.09.